The molecule has 0 spiro atoms. The Bertz CT molecular complexity index is 774. The third-order valence-corrected chi connectivity index (χ3v) is 4.24. The molecule has 0 aliphatic rings. The van der Waals surface area contributed by atoms with Gasteiger partial charge in [0.1, 0.15) is 12.3 Å². The zero-order valence-electron chi connectivity index (χ0n) is 12.5. The summed E-state index contributed by atoms with van der Waals surface area (Å²) in [5.74, 6) is 0.691. The Hall–Kier alpha value is -2.47. The molecule has 2 aromatic heterocycles. The lowest BCUT2D eigenvalue weighted by Gasteiger charge is -2.08. The van der Waals surface area contributed by atoms with Crippen molar-refractivity contribution in [1.29, 1.82) is 0 Å². The highest BCUT2D eigenvalue weighted by Gasteiger charge is 2.04. The molecule has 23 heavy (non-hydrogen) atoms. The van der Waals surface area contributed by atoms with E-state index < -0.39 is 6.09 Å². The van der Waals surface area contributed by atoms with E-state index in [1.165, 1.54) is 0 Å². The van der Waals surface area contributed by atoms with Crippen LogP contribution in [0.2, 0.25) is 0 Å². The van der Waals surface area contributed by atoms with Crippen LogP contribution in [0.15, 0.2) is 66.0 Å². The molecule has 0 unspecified atom stereocenters. The Kier molecular flexibility index (Phi) is 5.16. The van der Waals surface area contributed by atoms with Crippen molar-refractivity contribution in [3.05, 3.63) is 66.5 Å². The molecule has 1 N–H and O–H groups in total. The number of thioether (sulfide) groups is 1. The summed E-state index contributed by atoms with van der Waals surface area (Å²) in [5, 5.41) is 3.81. The van der Waals surface area contributed by atoms with Crippen LogP contribution in [0.5, 0.6) is 0 Å². The number of hydrogen-bond donors (Lipinski definition) is 1. The first-order valence-corrected chi connectivity index (χ1v) is 8.31. The van der Waals surface area contributed by atoms with Crippen LogP contribution >= 0.6 is 11.8 Å². The minimum atomic E-state index is -0.393. The summed E-state index contributed by atoms with van der Waals surface area (Å²) in [6, 6.07) is 15.7. The number of amides is 1. The fourth-order valence-electron chi connectivity index (χ4n) is 2.14. The van der Waals surface area contributed by atoms with Crippen molar-refractivity contribution in [2.75, 3.05) is 12.4 Å². The van der Waals surface area contributed by atoms with Crippen LogP contribution in [0.1, 0.15) is 5.56 Å². The van der Waals surface area contributed by atoms with Crippen molar-refractivity contribution < 1.29 is 9.53 Å². The fraction of sp³-hybridized carbons (Fsp3) is 0.176. The van der Waals surface area contributed by atoms with Gasteiger partial charge in [-0.25, -0.2) is 9.78 Å². The number of rotatable bonds is 6. The van der Waals surface area contributed by atoms with Crippen molar-refractivity contribution in [3.63, 3.8) is 0 Å². The molecule has 0 fully saturated rings. The predicted molar refractivity (Wildman–Crippen MR) is 90.5 cm³/mol. The van der Waals surface area contributed by atoms with Gasteiger partial charge in [-0.15, -0.1) is 11.8 Å². The maximum Gasteiger partial charge on any atom is 0.407 e. The molecule has 6 heteroatoms. The van der Waals surface area contributed by atoms with Crippen molar-refractivity contribution in [2.45, 2.75) is 11.6 Å². The lowest BCUT2D eigenvalue weighted by atomic mass is 10.2. The van der Waals surface area contributed by atoms with Crippen LogP contribution in [0.4, 0.5) is 4.79 Å². The molecular formula is C17H17N3O2S. The maximum atomic E-state index is 11.6. The molecule has 0 saturated carbocycles. The number of aromatic nitrogens is 2. The SMILES string of the molecule is O=C(NCc1ccccc1)OCCSc1cccc2nccn12. The molecule has 0 radical (unpaired) electrons. The van der Waals surface area contributed by atoms with Gasteiger partial charge in [-0.3, -0.25) is 4.40 Å². The highest BCUT2D eigenvalue weighted by atomic mass is 32.2. The first-order valence-electron chi connectivity index (χ1n) is 7.32. The monoisotopic (exact) mass is 327 g/mol. The number of alkyl carbamates (subject to hydrolysis) is 1. The molecule has 0 aliphatic heterocycles. The van der Waals surface area contributed by atoms with Crippen LogP contribution in [0, 0.1) is 0 Å². The third-order valence-electron chi connectivity index (χ3n) is 3.24. The summed E-state index contributed by atoms with van der Waals surface area (Å²) in [6.07, 6.45) is 3.30. The second-order valence-electron chi connectivity index (χ2n) is 4.84. The Morgan fingerprint density at radius 1 is 1.17 bits per heavy atom. The first-order chi connectivity index (χ1) is 11.3. The van der Waals surface area contributed by atoms with Crippen molar-refractivity contribution in [3.8, 4) is 0 Å². The van der Waals surface area contributed by atoms with Gasteiger partial charge in [0.2, 0.25) is 0 Å². The zero-order valence-corrected chi connectivity index (χ0v) is 13.3. The number of nitrogens with zero attached hydrogens (tertiary/aromatic N) is 2. The number of pyridine rings is 1. The van der Waals surface area contributed by atoms with Crippen LogP contribution in [0.25, 0.3) is 5.65 Å². The quantitative estimate of drug-likeness (QED) is 0.557. The van der Waals surface area contributed by atoms with Gasteiger partial charge in [0, 0.05) is 24.7 Å². The molecule has 1 amide bonds. The number of hydrogen-bond acceptors (Lipinski definition) is 4. The molecule has 3 aromatic rings. The van der Waals surface area contributed by atoms with E-state index in [2.05, 4.69) is 10.3 Å². The van der Waals surface area contributed by atoms with Gasteiger partial charge in [-0.1, -0.05) is 36.4 Å². The molecule has 118 valence electrons. The lowest BCUT2D eigenvalue weighted by Crippen LogP contribution is -2.24. The van der Waals surface area contributed by atoms with Gasteiger partial charge in [0.25, 0.3) is 0 Å². The molecule has 5 nitrogen and oxygen atoms in total. The Labute approximate surface area is 138 Å². The van der Waals surface area contributed by atoms with Crippen molar-refractivity contribution in [1.82, 2.24) is 14.7 Å². The Balaban J connectivity index is 1.39. The van der Waals surface area contributed by atoms with E-state index in [0.29, 0.717) is 18.9 Å². The molecule has 2 heterocycles. The topological polar surface area (TPSA) is 55.6 Å². The molecule has 0 atom stereocenters. The average molecular weight is 327 g/mol. The summed E-state index contributed by atoms with van der Waals surface area (Å²) in [6.45, 7) is 0.831. The minimum absolute atomic E-state index is 0.358. The van der Waals surface area contributed by atoms with Crippen molar-refractivity contribution >= 4 is 23.5 Å². The number of fused-ring (bicyclic) bond motifs is 1. The van der Waals surface area contributed by atoms with E-state index in [4.69, 9.17) is 4.74 Å². The van der Waals surface area contributed by atoms with E-state index in [0.717, 1.165) is 16.2 Å². The largest absolute Gasteiger partial charge is 0.449 e. The molecule has 0 saturated heterocycles. The molecule has 0 bridgehead atoms. The van der Waals surface area contributed by atoms with E-state index in [1.54, 1.807) is 18.0 Å². The molecule has 1 aromatic carbocycles. The Morgan fingerprint density at radius 2 is 2.04 bits per heavy atom. The van der Waals surface area contributed by atoms with Gasteiger partial charge in [0.15, 0.2) is 0 Å². The minimum Gasteiger partial charge on any atom is -0.449 e. The second kappa shape index (κ2) is 7.69. The predicted octanol–water partition coefficient (Wildman–Crippen LogP) is 3.35. The van der Waals surface area contributed by atoms with Crippen LogP contribution < -0.4 is 5.32 Å². The van der Waals surface area contributed by atoms with Gasteiger partial charge in [-0.05, 0) is 17.7 Å². The van der Waals surface area contributed by atoms with E-state index in [9.17, 15) is 4.79 Å². The van der Waals surface area contributed by atoms with E-state index in [1.807, 2.05) is 59.1 Å². The summed E-state index contributed by atoms with van der Waals surface area (Å²) >= 11 is 1.63. The first kappa shape index (κ1) is 15.4. The van der Waals surface area contributed by atoms with Gasteiger partial charge in [-0.2, -0.15) is 0 Å². The zero-order chi connectivity index (χ0) is 15.9. The van der Waals surface area contributed by atoms with Gasteiger partial charge < -0.3 is 10.1 Å². The summed E-state index contributed by atoms with van der Waals surface area (Å²) in [5.41, 5.74) is 1.96. The van der Waals surface area contributed by atoms with Gasteiger partial charge in [0.05, 0.1) is 5.03 Å². The average Bonchev–Trinajstić information content (AvgIpc) is 3.07. The van der Waals surface area contributed by atoms with E-state index >= 15 is 0 Å². The van der Waals surface area contributed by atoms with Crippen LogP contribution in [-0.2, 0) is 11.3 Å². The van der Waals surface area contributed by atoms with Crippen molar-refractivity contribution in [2.24, 2.45) is 0 Å². The smallest absolute Gasteiger partial charge is 0.407 e. The Morgan fingerprint density at radius 3 is 2.91 bits per heavy atom. The molecule has 3 rings (SSSR count). The number of ether oxygens (including phenoxy) is 1. The van der Waals surface area contributed by atoms with E-state index in [-0.39, 0.29) is 0 Å². The number of benzene rings is 1. The summed E-state index contributed by atoms with van der Waals surface area (Å²) < 4.78 is 7.20. The highest BCUT2D eigenvalue weighted by molar-refractivity contribution is 7.99. The molecule has 0 aliphatic carbocycles. The van der Waals surface area contributed by atoms with Crippen LogP contribution in [0.3, 0.4) is 0 Å². The van der Waals surface area contributed by atoms with Gasteiger partial charge >= 0.3 is 6.09 Å². The summed E-state index contributed by atoms with van der Waals surface area (Å²) in [4.78, 5) is 15.9. The number of carbonyl (C=O) groups is 1. The number of carbonyl (C=O) groups excluding carboxylic acids is 1. The fourth-order valence-corrected chi connectivity index (χ4v) is 2.98. The third kappa shape index (κ3) is 4.26. The highest BCUT2D eigenvalue weighted by Crippen LogP contribution is 2.18. The summed E-state index contributed by atoms with van der Waals surface area (Å²) in [7, 11) is 0. The number of imidazole rings is 1. The van der Waals surface area contributed by atoms with Crippen LogP contribution in [-0.4, -0.2) is 27.8 Å². The standard InChI is InChI=1S/C17H17N3O2S/c21-17(19-13-14-5-2-1-3-6-14)22-11-12-23-16-8-4-7-15-18-9-10-20(15)16/h1-10H,11-13H2,(H,19,21). The lowest BCUT2D eigenvalue weighted by molar-refractivity contribution is 0.152. The normalized spacial score (nSPS) is 10.6. The molecular weight excluding hydrogens is 310 g/mol. The number of nitrogens with one attached hydrogen (secondary N) is 1. The maximum absolute atomic E-state index is 11.6. The second-order valence-corrected chi connectivity index (χ2v) is 5.96.